The molecule has 1 fully saturated rings. The Kier molecular flexibility index (Phi) is 17.5. The van der Waals surface area contributed by atoms with E-state index in [9.17, 15) is 9.59 Å². The summed E-state index contributed by atoms with van der Waals surface area (Å²) in [5.74, 6) is -0.324. The minimum Gasteiger partial charge on any atom is -0.464 e. The van der Waals surface area contributed by atoms with Crippen LogP contribution in [-0.2, 0) is 14.3 Å². The third-order valence-electron chi connectivity index (χ3n) is 5.93. The molecule has 0 saturated carbocycles. The predicted molar refractivity (Wildman–Crippen MR) is 125 cm³/mol. The molecule has 0 aliphatic carbocycles. The van der Waals surface area contributed by atoms with E-state index < -0.39 is 6.04 Å². The number of hydrogen-bond donors (Lipinski definition) is 1. The van der Waals surface area contributed by atoms with Gasteiger partial charge in [0.15, 0.2) is 0 Å². The highest BCUT2D eigenvalue weighted by atomic mass is 16.5. The Labute approximate surface area is 185 Å². The van der Waals surface area contributed by atoms with Crippen LogP contribution in [-0.4, -0.2) is 24.5 Å². The molecule has 0 spiro atoms. The number of ether oxygens (including phenoxy) is 1. The quantitative estimate of drug-likeness (QED) is 0.131. The number of carbonyl (C=O) groups is 2. The molecule has 1 aliphatic rings. The molecule has 1 N–H and O–H groups in total. The van der Waals surface area contributed by atoms with Crippen LogP contribution in [0.25, 0.3) is 0 Å². The molecule has 0 unspecified atom stereocenters. The van der Waals surface area contributed by atoms with Crippen LogP contribution in [0.3, 0.4) is 0 Å². The van der Waals surface area contributed by atoms with E-state index in [2.05, 4.69) is 24.4 Å². The molecule has 1 amide bonds. The Hall–Kier alpha value is -1.32. The van der Waals surface area contributed by atoms with Gasteiger partial charge < -0.3 is 10.1 Å². The number of amides is 1. The normalized spacial score (nSPS) is 16.3. The van der Waals surface area contributed by atoms with E-state index in [-0.39, 0.29) is 11.9 Å². The lowest BCUT2D eigenvalue weighted by Gasteiger charge is -2.09. The second-order valence-electron chi connectivity index (χ2n) is 8.82. The van der Waals surface area contributed by atoms with Crippen LogP contribution < -0.4 is 5.32 Å². The summed E-state index contributed by atoms with van der Waals surface area (Å²) in [5.41, 5.74) is 0. The molecule has 0 aromatic rings. The number of allylic oxidation sites excluding steroid dienone is 2. The molecule has 0 radical (unpaired) electrons. The lowest BCUT2D eigenvalue weighted by Crippen LogP contribution is -2.34. The number of carbonyl (C=O) groups excluding carboxylic acids is 2. The molecule has 0 aromatic heterocycles. The van der Waals surface area contributed by atoms with Crippen molar-refractivity contribution in [2.45, 2.75) is 135 Å². The molecular formula is C26H47NO3. The van der Waals surface area contributed by atoms with Crippen LogP contribution in [0.2, 0.25) is 0 Å². The van der Waals surface area contributed by atoms with Crippen molar-refractivity contribution >= 4 is 11.9 Å². The summed E-state index contributed by atoms with van der Waals surface area (Å²) in [6.45, 7) is 2.75. The van der Waals surface area contributed by atoms with Crippen molar-refractivity contribution in [1.82, 2.24) is 5.32 Å². The summed E-state index contributed by atoms with van der Waals surface area (Å²) in [5, 5.41) is 2.64. The van der Waals surface area contributed by atoms with Gasteiger partial charge in [0.2, 0.25) is 5.91 Å². The predicted octanol–water partition coefficient (Wildman–Crippen LogP) is 7.02. The smallest absolute Gasteiger partial charge is 0.328 e. The van der Waals surface area contributed by atoms with E-state index in [0.29, 0.717) is 19.4 Å². The maximum Gasteiger partial charge on any atom is 0.328 e. The second-order valence-corrected chi connectivity index (χ2v) is 8.82. The number of rotatable bonds is 20. The highest BCUT2D eigenvalue weighted by Gasteiger charge is 2.28. The maximum atomic E-state index is 11.7. The zero-order valence-electron chi connectivity index (χ0n) is 19.6. The molecular weight excluding hydrogens is 374 g/mol. The lowest BCUT2D eigenvalue weighted by atomic mass is 10.0. The SMILES string of the molecule is CCCCCCCCCCCCCC/C=C/CCCCCOC(=O)[C@@H]1CCC(=O)N1. The molecule has 1 rings (SSSR count). The van der Waals surface area contributed by atoms with Crippen molar-refractivity contribution < 1.29 is 14.3 Å². The molecule has 1 atom stereocenters. The Morgan fingerprint density at radius 3 is 1.83 bits per heavy atom. The maximum absolute atomic E-state index is 11.7. The van der Waals surface area contributed by atoms with Gasteiger partial charge in [-0.2, -0.15) is 0 Å². The fourth-order valence-corrected chi connectivity index (χ4v) is 3.94. The molecule has 4 nitrogen and oxygen atoms in total. The average Bonchev–Trinajstić information content (AvgIpc) is 3.18. The van der Waals surface area contributed by atoms with E-state index in [1.807, 2.05) is 0 Å². The minimum absolute atomic E-state index is 0.0489. The zero-order chi connectivity index (χ0) is 21.7. The van der Waals surface area contributed by atoms with Crippen LogP contribution in [0.5, 0.6) is 0 Å². The largest absolute Gasteiger partial charge is 0.464 e. The Morgan fingerprint density at radius 2 is 1.33 bits per heavy atom. The van der Waals surface area contributed by atoms with E-state index >= 15 is 0 Å². The first-order valence-electron chi connectivity index (χ1n) is 12.8. The number of hydrogen-bond acceptors (Lipinski definition) is 3. The topological polar surface area (TPSA) is 55.4 Å². The van der Waals surface area contributed by atoms with Gasteiger partial charge in [-0.05, 0) is 44.9 Å². The summed E-state index contributed by atoms with van der Waals surface area (Å²) in [6.07, 6.45) is 28.0. The van der Waals surface area contributed by atoms with Crippen LogP contribution in [0, 0.1) is 0 Å². The van der Waals surface area contributed by atoms with Crippen LogP contribution in [0.4, 0.5) is 0 Å². The monoisotopic (exact) mass is 421 g/mol. The van der Waals surface area contributed by atoms with Gasteiger partial charge in [-0.1, -0.05) is 89.7 Å². The number of unbranched alkanes of at least 4 members (excludes halogenated alkanes) is 15. The minimum atomic E-state index is -0.416. The van der Waals surface area contributed by atoms with Crippen LogP contribution in [0.1, 0.15) is 129 Å². The van der Waals surface area contributed by atoms with Crippen molar-refractivity contribution in [1.29, 1.82) is 0 Å². The van der Waals surface area contributed by atoms with Gasteiger partial charge in [0.25, 0.3) is 0 Å². The van der Waals surface area contributed by atoms with E-state index in [1.54, 1.807) is 0 Å². The van der Waals surface area contributed by atoms with Gasteiger partial charge in [0, 0.05) is 6.42 Å². The Morgan fingerprint density at radius 1 is 0.833 bits per heavy atom. The first-order valence-corrected chi connectivity index (χ1v) is 12.8. The van der Waals surface area contributed by atoms with Crippen LogP contribution >= 0.6 is 0 Å². The highest BCUT2D eigenvalue weighted by molar-refractivity contribution is 5.87. The van der Waals surface area contributed by atoms with Crippen LogP contribution in [0.15, 0.2) is 12.2 Å². The van der Waals surface area contributed by atoms with Gasteiger partial charge in [0.05, 0.1) is 6.61 Å². The molecule has 1 heterocycles. The highest BCUT2D eigenvalue weighted by Crippen LogP contribution is 2.13. The summed E-state index contributed by atoms with van der Waals surface area (Å²) in [4.78, 5) is 22.8. The molecule has 30 heavy (non-hydrogen) atoms. The molecule has 0 bridgehead atoms. The molecule has 0 aromatic carbocycles. The van der Waals surface area contributed by atoms with Gasteiger partial charge in [-0.15, -0.1) is 0 Å². The Bertz CT molecular complexity index is 461. The standard InChI is InChI=1S/C26H47NO3/c1-2-3-4-5-6-7-8-9-10-11-12-13-14-15-16-17-18-19-20-23-30-26(29)24-21-22-25(28)27-24/h15-16,24H,2-14,17-23H2,1H3,(H,27,28)/b16-15+/t24-/m0/s1. The van der Waals surface area contributed by atoms with Gasteiger partial charge >= 0.3 is 5.97 Å². The Balaban J connectivity index is 1.74. The third kappa shape index (κ3) is 15.5. The van der Waals surface area contributed by atoms with Gasteiger partial charge in [0.1, 0.15) is 6.04 Å². The fourth-order valence-electron chi connectivity index (χ4n) is 3.94. The first-order chi connectivity index (χ1) is 14.7. The molecule has 1 saturated heterocycles. The summed E-state index contributed by atoms with van der Waals surface area (Å²) in [6, 6.07) is -0.416. The van der Waals surface area contributed by atoms with Crippen molar-refractivity contribution in [3.63, 3.8) is 0 Å². The van der Waals surface area contributed by atoms with Crippen molar-refractivity contribution in [2.24, 2.45) is 0 Å². The summed E-state index contributed by atoms with van der Waals surface area (Å²) >= 11 is 0. The van der Waals surface area contributed by atoms with Gasteiger partial charge in [-0.3, -0.25) is 4.79 Å². The fraction of sp³-hybridized carbons (Fsp3) is 0.846. The summed E-state index contributed by atoms with van der Waals surface area (Å²) < 4.78 is 5.24. The first kappa shape index (κ1) is 26.7. The molecule has 1 aliphatic heterocycles. The zero-order valence-corrected chi connectivity index (χ0v) is 19.6. The molecule has 174 valence electrons. The third-order valence-corrected chi connectivity index (χ3v) is 5.93. The van der Waals surface area contributed by atoms with Crippen molar-refractivity contribution in [3.8, 4) is 0 Å². The number of esters is 1. The van der Waals surface area contributed by atoms with Crippen molar-refractivity contribution in [2.75, 3.05) is 6.61 Å². The van der Waals surface area contributed by atoms with E-state index in [0.717, 1.165) is 25.7 Å². The van der Waals surface area contributed by atoms with Crippen molar-refractivity contribution in [3.05, 3.63) is 12.2 Å². The second kappa shape index (κ2) is 19.6. The number of nitrogens with one attached hydrogen (secondary N) is 1. The lowest BCUT2D eigenvalue weighted by molar-refractivity contribution is -0.146. The summed E-state index contributed by atoms with van der Waals surface area (Å²) in [7, 11) is 0. The van der Waals surface area contributed by atoms with E-state index in [1.165, 1.54) is 83.5 Å². The van der Waals surface area contributed by atoms with E-state index in [4.69, 9.17) is 4.74 Å². The average molecular weight is 422 g/mol. The molecule has 4 heteroatoms. The van der Waals surface area contributed by atoms with Gasteiger partial charge in [-0.25, -0.2) is 4.79 Å².